The summed E-state index contributed by atoms with van der Waals surface area (Å²) in [4.78, 5) is 1.22. The van der Waals surface area contributed by atoms with Crippen molar-refractivity contribution in [1.82, 2.24) is 15.0 Å². The van der Waals surface area contributed by atoms with Crippen molar-refractivity contribution in [3.8, 4) is 0 Å². The van der Waals surface area contributed by atoms with E-state index in [-0.39, 0.29) is 5.37 Å². The van der Waals surface area contributed by atoms with Crippen molar-refractivity contribution in [2.45, 2.75) is 17.2 Å². The van der Waals surface area contributed by atoms with Gasteiger partial charge in [-0.1, -0.05) is 77.1 Å². The lowest BCUT2D eigenvalue weighted by molar-refractivity contribution is 0.655. The van der Waals surface area contributed by atoms with Crippen molar-refractivity contribution in [1.29, 1.82) is 0 Å². The monoisotopic (exact) mass is 331 g/mol. The van der Waals surface area contributed by atoms with Gasteiger partial charge in [0.2, 0.25) is 0 Å². The zero-order chi connectivity index (χ0) is 16.4. The van der Waals surface area contributed by atoms with Gasteiger partial charge in [-0.25, -0.2) is 4.68 Å². The number of aryl methyl sites for hydroxylation is 1. The van der Waals surface area contributed by atoms with Crippen LogP contribution in [0.15, 0.2) is 83.8 Å². The average molecular weight is 331 g/mol. The highest BCUT2D eigenvalue weighted by Gasteiger charge is 2.19. The molecule has 0 aliphatic heterocycles. The number of rotatable bonds is 4. The lowest BCUT2D eigenvalue weighted by Crippen LogP contribution is -2.09. The summed E-state index contributed by atoms with van der Waals surface area (Å²) in [5.74, 6) is 0. The summed E-state index contributed by atoms with van der Waals surface area (Å²) in [6, 6.07) is 27.2. The molecule has 1 heterocycles. The summed E-state index contributed by atoms with van der Waals surface area (Å²) in [7, 11) is 0. The van der Waals surface area contributed by atoms with Crippen LogP contribution in [0.2, 0.25) is 0 Å². The summed E-state index contributed by atoms with van der Waals surface area (Å²) in [5.41, 5.74) is 4.44. The van der Waals surface area contributed by atoms with E-state index in [2.05, 4.69) is 71.8 Å². The number of hydrogen-bond donors (Lipinski definition) is 0. The normalized spacial score (nSPS) is 12.4. The second kappa shape index (κ2) is 6.49. The van der Waals surface area contributed by atoms with E-state index >= 15 is 0 Å². The third-order valence-corrected chi connectivity index (χ3v) is 5.19. The Balaban J connectivity index is 1.80. The Hall–Kier alpha value is -2.59. The molecule has 1 unspecified atom stereocenters. The topological polar surface area (TPSA) is 30.7 Å². The molecule has 0 radical (unpaired) electrons. The smallest absolute Gasteiger partial charge is 0.129 e. The molecule has 0 N–H and O–H groups in total. The predicted octanol–water partition coefficient (Wildman–Crippen LogP) is 5.08. The molecule has 1 atom stereocenters. The van der Waals surface area contributed by atoms with Crippen LogP contribution in [0.5, 0.6) is 0 Å². The third kappa shape index (κ3) is 2.93. The molecule has 0 aliphatic rings. The number of thioether (sulfide) groups is 1. The molecule has 24 heavy (non-hydrogen) atoms. The second-order valence-electron chi connectivity index (χ2n) is 5.72. The maximum atomic E-state index is 4.43. The standard InChI is InChI=1S/C20H17N3S/c1-15-11-13-17(14-12-15)24-20(16-7-3-2-4-8-16)23-19-10-6-5-9-18(19)21-22-23/h2-14,20H,1H3. The number of aromatic nitrogens is 3. The molecule has 0 aliphatic carbocycles. The van der Waals surface area contributed by atoms with Gasteiger partial charge in [-0.15, -0.1) is 5.10 Å². The Labute approximate surface area is 145 Å². The quantitative estimate of drug-likeness (QED) is 0.489. The van der Waals surface area contributed by atoms with Crippen molar-refractivity contribution < 1.29 is 0 Å². The summed E-state index contributed by atoms with van der Waals surface area (Å²) in [6.07, 6.45) is 0. The average Bonchev–Trinajstić information content (AvgIpc) is 3.06. The van der Waals surface area contributed by atoms with Crippen LogP contribution in [0, 0.1) is 6.92 Å². The van der Waals surface area contributed by atoms with E-state index in [0.717, 1.165) is 11.0 Å². The van der Waals surface area contributed by atoms with Gasteiger partial charge in [0.15, 0.2) is 0 Å². The first-order valence-corrected chi connectivity index (χ1v) is 8.77. The van der Waals surface area contributed by atoms with E-state index in [9.17, 15) is 0 Å². The molecule has 0 saturated heterocycles. The molecule has 0 fully saturated rings. The van der Waals surface area contributed by atoms with Crippen LogP contribution in [0.1, 0.15) is 16.5 Å². The minimum atomic E-state index is 0.0429. The van der Waals surface area contributed by atoms with Crippen molar-refractivity contribution in [3.05, 3.63) is 90.0 Å². The van der Waals surface area contributed by atoms with E-state index in [0.29, 0.717) is 0 Å². The number of benzene rings is 3. The van der Waals surface area contributed by atoms with Gasteiger partial charge in [-0.2, -0.15) is 0 Å². The Bertz CT molecular complexity index is 945. The zero-order valence-electron chi connectivity index (χ0n) is 13.3. The number of para-hydroxylation sites is 1. The van der Waals surface area contributed by atoms with Crippen molar-refractivity contribution in [2.24, 2.45) is 0 Å². The van der Waals surface area contributed by atoms with Crippen LogP contribution in [-0.4, -0.2) is 15.0 Å². The summed E-state index contributed by atoms with van der Waals surface area (Å²) in [6.45, 7) is 2.11. The van der Waals surface area contributed by atoms with Crippen LogP contribution < -0.4 is 0 Å². The molecule has 3 nitrogen and oxygen atoms in total. The summed E-state index contributed by atoms with van der Waals surface area (Å²) in [5, 5.41) is 8.79. The van der Waals surface area contributed by atoms with Crippen LogP contribution in [0.4, 0.5) is 0 Å². The van der Waals surface area contributed by atoms with Crippen LogP contribution in [0.25, 0.3) is 11.0 Å². The fraction of sp³-hybridized carbons (Fsp3) is 0.100. The highest BCUT2D eigenvalue weighted by atomic mass is 32.2. The van der Waals surface area contributed by atoms with Gasteiger partial charge in [-0.3, -0.25) is 0 Å². The maximum Gasteiger partial charge on any atom is 0.129 e. The van der Waals surface area contributed by atoms with Gasteiger partial charge >= 0.3 is 0 Å². The van der Waals surface area contributed by atoms with Crippen LogP contribution in [0.3, 0.4) is 0 Å². The summed E-state index contributed by atoms with van der Waals surface area (Å²) < 4.78 is 2.01. The molecular weight excluding hydrogens is 314 g/mol. The molecule has 0 spiro atoms. The lowest BCUT2D eigenvalue weighted by atomic mass is 10.2. The third-order valence-electron chi connectivity index (χ3n) is 3.95. The minimum Gasteiger partial charge on any atom is -0.227 e. The SMILES string of the molecule is Cc1ccc(SC(c2ccccc2)n2nnc3ccccc32)cc1. The first-order valence-electron chi connectivity index (χ1n) is 7.89. The molecule has 3 aromatic carbocycles. The van der Waals surface area contributed by atoms with Crippen molar-refractivity contribution in [3.63, 3.8) is 0 Å². The van der Waals surface area contributed by atoms with Crippen molar-refractivity contribution >= 4 is 22.8 Å². The molecule has 4 heteroatoms. The second-order valence-corrected chi connectivity index (χ2v) is 6.87. The molecule has 0 saturated carbocycles. The summed E-state index contributed by atoms with van der Waals surface area (Å²) >= 11 is 1.78. The van der Waals surface area contributed by atoms with Gasteiger partial charge in [0.1, 0.15) is 10.9 Å². The molecule has 0 amide bonds. The predicted molar refractivity (Wildman–Crippen MR) is 99.1 cm³/mol. The van der Waals surface area contributed by atoms with Gasteiger partial charge in [0, 0.05) is 4.90 Å². The molecule has 4 aromatic rings. The number of hydrogen-bond acceptors (Lipinski definition) is 3. The highest BCUT2D eigenvalue weighted by Crippen LogP contribution is 2.37. The first-order chi connectivity index (χ1) is 11.8. The molecular formula is C20H17N3S. The van der Waals surface area contributed by atoms with E-state index in [1.165, 1.54) is 16.0 Å². The minimum absolute atomic E-state index is 0.0429. The van der Waals surface area contributed by atoms with Gasteiger partial charge in [0.25, 0.3) is 0 Å². The molecule has 118 valence electrons. The van der Waals surface area contributed by atoms with Crippen molar-refractivity contribution in [2.75, 3.05) is 0 Å². The van der Waals surface area contributed by atoms with E-state index in [1.54, 1.807) is 11.8 Å². The van der Waals surface area contributed by atoms with Crippen LogP contribution >= 0.6 is 11.8 Å². The van der Waals surface area contributed by atoms with E-state index in [1.807, 2.05) is 28.9 Å². The van der Waals surface area contributed by atoms with Gasteiger partial charge in [-0.05, 0) is 36.8 Å². The van der Waals surface area contributed by atoms with E-state index < -0.39 is 0 Å². The van der Waals surface area contributed by atoms with Gasteiger partial charge in [0.05, 0.1) is 5.52 Å². The Morgan fingerprint density at radius 2 is 1.54 bits per heavy atom. The van der Waals surface area contributed by atoms with Crippen LogP contribution in [-0.2, 0) is 0 Å². The number of fused-ring (bicyclic) bond motifs is 1. The number of nitrogens with zero attached hydrogens (tertiary/aromatic N) is 3. The fourth-order valence-corrected chi connectivity index (χ4v) is 3.78. The zero-order valence-corrected chi connectivity index (χ0v) is 14.1. The fourth-order valence-electron chi connectivity index (χ4n) is 2.68. The molecule has 1 aromatic heterocycles. The largest absolute Gasteiger partial charge is 0.227 e. The first kappa shape index (κ1) is 15.0. The Kier molecular flexibility index (Phi) is 4.05. The highest BCUT2D eigenvalue weighted by molar-refractivity contribution is 7.99. The van der Waals surface area contributed by atoms with E-state index in [4.69, 9.17) is 0 Å². The van der Waals surface area contributed by atoms with Gasteiger partial charge < -0.3 is 0 Å². The molecule has 4 rings (SSSR count). The Morgan fingerprint density at radius 1 is 0.833 bits per heavy atom. The maximum absolute atomic E-state index is 4.43. The molecule has 0 bridgehead atoms. The Morgan fingerprint density at radius 3 is 2.33 bits per heavy atom. The lowest BCUT2D eigenvalue weighted by Gasteiger charge is -2.18.